The van der Waals surface area contributed by atoms with E-state index in [9.17, 15) is 9.90 Å². The molecule has 0 aromatic rings. The summed E-state index contributed by atoms with van der Waals surface area (Å²) >= 11 is 0. The lowest BCUT2D eigenvalue weighted by atomic mass is 9.81. The molecule has 1 N–H and O–H groups in total. The smallest absolute Gasteiger partial charge is 0.330 e. The number of hydrogen-bond donors (Lipinski definition) is 1. The van der Waals surface area contributed by atoms with Gasteiger partial charge in [0.1, 0.15) is 6.10 Å². The molecule has 0 fully saturated rings. The Kier molecular flexibility index (Phi) is 4.85. The van der Waals surface area contributed by atoms with Gasteiger partial charge >= 0.3 is 5.97 Å². The third kappa shape index (κ3) is 3.50. The van der Waals surface area contributed by atoms with Crippen LogP contribution in [0.3, 0.4) is 0 Å². The zero-order valence-corrected chi connectivity index (χ0v) is 9.41. The largest absolute Gasteiger partial charge is 0.458 e. The molecule has 1 atom stereocenters. The van der Waals surface area contributed by atoms with Crippen LogP contribution in [-0.2, 0) is 9.53 Å². The zero-order chi connectivity index (χ0) is 11.4. The van der Waals surface area contributed by atoms with Gasteiger partial charge in [0.15, 0.2) is 0 Å². The molecule has 0 radical (unpaired) electrons. The molecule has 0 aromatic heterocycles. The van der Waals surface area contributed by atoms with Crippen LogP contribution in [0, 0.1) is 11.3 Å². The molecular formula is C11H20O3. The molecule has 3 nitrogen and oxygen atoms in total. The summed E-state index contributed by atoms with van der Waals surface area (Å²) in [7, 11) is 0. The van der Waals surface area contributed by atoms with E-state index < -0.39 is 11.4 Å². The van der Waals surface area contributed by atoms with Gasteiger partial charge in [-0.3, -0.25) is 0 Å². The number of rotatable bonds is 5. The maximum absolute atomic E-state index is 11.1. The lowest BCUT2D eigenvalue weighted by Gasteiger charge is -2.34. The predicted molar refractivity (Wildman–Crippen MR) is 55.8 cm³/mol. The van der Waals surface area contributed by atoms with Crippen molar-refractivity contribution in [1.29, 1.82) is 0 Å². The van der Waals surface area contributed by atoms with Crippen LogP contribution in [0.4, 0.5) is 0 Å². The highest BCUT2D eigenvalue weighted by atomic mass is 16.5. The van der Waals surface area contributed by atoms with Crippen LogP contribution < -0.4 is 0 Å². The first-order valence-corrected chi connectivity index (χ1v) is 4.79. The van der Waals surface area contributed by atoms with Crippen molar-refractivity contribution in [2.24, 2.45) is 11.3 Å². The molecule has 1 unspecified atom stereocenters. The van der Waals surface area contributed by atoms with Gasteiger partial charge in [0.2, 0.25) is 0 Å². The van der Waals surface area contributed by atoms with E-state index >= 15 is 0 Å². The first kappa shape index (κ1) is 13.2. The fraction of sp³-hybridized carbons (Fsp3) is 0.727. The monoisotopic (exact) mass is 200 g/mol. The highest BCUT2D eigenvalue weighted by molar-refractivity contribution is 5.81. The van der Waals surface area contributed by atoms with Crippen LogP contribution in [0.15, 0.2) is 12.7 Å². The molecule has 0 spiro atoms. The van der Waals surface area contributed by atoms with E-state index in [1.165, 1.54) is 0 Å². The van der Waals surface area contributed by atoms with Crippen LogP contribution in [0.2, 0.25) is 0 Å². The third-order valence-electron chi connectivity index (χ3n) is 2.19. The van der Waals surface area contributed by atoms with Crippen molar-refractivity contribution in [3.8, 4) is 0 Å². The second-order valence-electron chi connectivity index (χ2n) is 4.45. The highest BCUT2D eigenvalue weighted by Crippen LogP contribution is 2.28. The van der Waals surface area contributed by atoms with Crippen LogP contribution in [0.25, 0.3) is 0 Å². The van der Waals surface area contributed by atoms with E-state index in [1.54, 1.807) is 0 Å². The predicted octanol–water partition coefficient (Wildman–Crippen LogP) is 1.76. The molecular weight excluding hydrogens is 180 g/mol. The minimum Gasteiger partial charge on any atom is -0.458 e. The molecule has 0 aromatic carbocycles. The van der Waals surface area contributed by atoms with Crippen LogP contribution in [-0.4, -0.2) is 23.8 Å². The van der Waals surface area contributed by atoms with Gasteiger partial charge in [0, 0.05) is 11.5 Å². The maximum atomic E-state index is 11.1. The Balaban J connectivity index is 4.60. The number of carbonyl (C=O) groups is 1. The molecule has 82 valence electrons. The van der Waals surface area contributed by atoms with Crippen LogP contribution >= 0.6 is 0 Å². The molecule has 0 saturated heterocycles. The van der Waals surface area contributed by atoms with Gasteiger partial charge in [-0.2, -0.15) is 0 Å². The van der Waals surface area contributed by atoms with Crippen molar-refractivity contribution >= 4 is 5.97 Å². The molecule has 0 bridgehead atoms. The topological polar surface area (TPSA) is 46.5 Å². The summed E-state index contributed by atoms with van der Waals surface area (Å²) in [5.41, 5.74) is -0.424. The Morgan fingerprint density at radius 3 is 2.36 bits per heavy atom. The number of carbonyl (C=O) groups excluding carboxylic acids is 1. The molecule has 0 amide bonds. The van der Waals surface area contributed by atoms with E-state index in [4.69, 9.17) is 4.74 Å². The van der Waals surface area contributed by atoms with Gasteiger partial charge in [-0.05, 0) is 5.92 Å². The molecule has 14 heavy (non-hydrogen) atoms. The summed E-state index contributed by atoms with van der Waals surface area (Å²) in [4.78, 5) is 11.1. The Labute approximate surface area is 85.8 Å². The summed E-state index contributed by atoms with van der Waals surface area (Å²) in [5.74, 6) is -0.272. The van der Waals surface area contributed by atoms with Gasteiger partial charge in [-0.15, -0.1) is 0 Å². The van der Waals surface area contributed by atoms with Crippen molar-refractivity contribution in [1.82, 2.24) is 0 Å². The summed E-state index contributed by atoms with van der Waals surface area (Å²) in [6, 6.07) is 0. The van der Waals surface area contributed by atoms with Gasteiger partial charge in [-0.25, -0.2) is 4.79 Å². The first-order chi connectivity index (χ1) is 6.35. The van der Waals surface area contributed by atoms with Gasteiger partial charge in [0.05, 0.1) is 6.61 Å². The number of aliphatic hydroxyl groups excluding tert-OH is 1. The molecule has 3 heteroatoms. The fourth-order valence-electron chi connectivity index (χ4n) is 1.46. The van der Waals surface area contributed by atoms with Gasteiger partial charge in [-0.1, -0.05) is 34.3 Å². The number of hydrogen-bond acceptors (Lipinski definition) is 3. The number of esters is 1. The average Bonchev–Trinajstić information content (AvgIpc) is 2.12. The van der Waals surface area contributed by atoms with Crippen molar-refractivity contribution in [3.05, 3.63) is 12.7 Å². The van der Waals surface area contributed by atoms with E-state index in [-0.39, 0.29) is 18.6 Å². The maximum Gasteiger partial charge on any atom is 0.330 e. The Hall–Kier alpha value is -0.830. The van der Waals surface area contributed by atoms with Gasteiger partial charge < -0.3 is 9.84 Å². The normalized spacial score (nSPS) is 13.9. The summed E-state index contributed by atoms with van der Waals surface area (Å²) in [6.07, 6.45) is 0.848. The lowest BCUT2D eigenvalue weighted by molar-refractivity contribution is -0.154. The highest BCUT2D eigenvalue weighted by Gasteiger charge is 2.34. The number of ether oxygens (including phenoxy) is 1. The Morgan fingerprint density at radius 1 is 1.57 bits per heavy atom. The lowest BCUT2D eigenvalue weighted by Crippen LogP contribution is -2.40. The standard InChI is InChI=1S/C11H20O3/c1-6-9(13)14-10(8(2)3)11(4,5)7-12/h6,8,10,12H,1,7H2,2-5H3. The second kappa shape index (κ2) is 5.15. The summed E-state index contributed by atoms with van der Waals surface area (Å²) < 4.78 is 5.20. The van der Waals surface area contributed by atoms with E-state index in [2.05, 4.69) is 6.58 Å². The summed E-state index contributed by atoms with van der Waals surface area (Å²) in [6.45, 7) is 11.0. The molecule has 0 heterocycles. The quantitative estimate of drug-likeness (QED) is 0.543. The van der Waals surface area contributed by atoms with Crippen LogP contribution in [0.5, 0.6) is 0 Å². The second-order valence-corrected chi connectivity index (χ2v) is 4.45. The molecule has 0 rings (SSSR count). The van der Waals surface area contributed by atoms with Gasteiger partial charge in [0.25, 0.3) is 0 Å². The zero-order valence-electron chi connectivity index (χ0n) is 9.41. The van der Waals surface area contributed by atoms with Crippen molar-refractivity contribution in [2.75, 3.05) is 6.61 Å². The SMILES string of the molecule is C=CC(=O)OC(C(C)C)C(C)(C)CO. The van der Waals surface area contributed by atoms with Crippen molar-refractivity contribution in [3.63, 3.8) is 0 Å². The molecule has 0 aliphatic heterocycles. The fourth-order valence-corrected chi connectivity index (χ4v) is 1.46. The Bertz CT molecular complexity index is 207. The molecule has 0 saturated carbocycles. The average molecular weight is 200 g/mol. The molecule has 0 aliphatic carbocycles. The number of aliphatic hydroxyl groups is 1. The van der Waals surface area contributed by atoms with Crippen molar-refractivity contribution in [2.45, 2.75) is 33.8 Å². The summed E-state index contributed by atoms with van der Waals surface area (Å²) in [5, 5.41) is 9.18. The van der Waals surface area contributed by atoms with Crippen LogP contribution in [0.1, 0.15) is 27.7 Å². The van der Waals surface area contributed by atoms with Crippen molar-refractivity contribution < 1.29 is 14.6 Å². The van der Waals surface area contributed by atoms with E-state index in [0.29, 0.717) is 0 Å². The first-order valence-electron chi connectivity index (χ1n) is 4.79. The van der Waals surface area contributed by atoms with E-state index in [0.717, 1.165) is 6.08 Å². The minimum absolute atomic E-state index is 0.0136. The van der Waals surface area contributed by atoms with E-state index in [1.807, 2.05) is 27.7 Å². The Morgan fingerprint density at radius 2 is 2.07 bits per heavy atom. The third-order valence-corrected chi connectivity index (χ3v) is 2.19. The molecule has 0 aliphatic rings. The minimum atomic E-state index is -0.440.